The summed E-state index contributed by atoms with van der Waals surface area (Å²) in [7, 11) is 0. The summed E-state index contributed by atoms with van der Waals surface area (Å²) in [5.74, 6) is 0.804. The molecule has 28 heavy (non-hydrogen) atoms. The third kappa shape index (κ3) is 4.37. The predicted octanol–water partition coefficient (Wildman–Crippen LogP) is 6.14. The highest BCUT2D eigenvalue weighted by molar-refractivity contribution is 9.10. The van der Waals surface area contributed by atoms with Gasteiger partial charge in [0.15, 0.2) is 11.5 Å². The van der Waals surface area contributed by atoms with Crippen molar-refractivity contribution in [3.8, 4) is 11.5 Å². The van der Waals surface area contributed by atoms with E-state index >= 15 is 0 Å². The first-order valence-electron chi connectivity index (χ1n) is 8.57. The smallest absolute Gasteiger partial charge is 0.298 e. The predicted molar refractivity (Wildman–Crippen MR) is 116 cm³/mol. The maximum Gasteiger partial charge on any atom is 0.298 e. The Bertz CT molecular complexity index is 946. The lowest BCUT2D eigenvalue weighted by molar-refractivity contribution is -0.113. The molecule has 146 valence electrons. The van der Waals surface area contributed by atoms with Crippen LogP contribution < -0.4 is 14.4 Å². The quantitative estimate of drug-likeness (QED) is 0.463. The van der Waals surface area contributed by atoms with Crippen molar-refractivity contribution in [3.05, 3.63) is 56.4 Å². The molecule has 2 aromatic rings. The second-order valence-electron chi connectivity index (χ2n) is 5.69. The number of carbonyl (C=O) groups excluding carboxylic acids is 2. The Kier molecular flexibility index (Phi) is 6.69. The van der Waals surface area contributed by atoms with E-state index in [1.54, 1.807) is 36.4 Å². The van der Waals surface area contributed by atoms with Crippen molar-refractivity contribution in [2.75, 3.05) is 18.1 Å². The highest BCUT2D eigenvalue weighted by Crippen LogP contribution is 2.40. The second-order valence-corrected chi connectivity index (χ2v) is 7.97. The number of imide groups is 1. The maximum absolute atomic E-state index is 12.8. The minimum atomic E-state index is -0.375. The number of thioether (sulfide) groups is 1. The van der Waals surface area contributed by atoms with E-state index in [9.17, 15) is 9.59 Å². The van der Waals surface area contributed by atoms with Crippen LogP contribution in [0.25, 0.3) is 6.08 Å². The Balaban J connectivity index is 1.94. The molecule has 3 rings (SSSR count). The number of nitrogens with zero attached hydrogens (tertiary/aromatic N) is 1. The Labute approximate surface area is 180 Å². The van der Waals surface area contributed by atoms with Crippen LogP contribution in [0.2, 0.25) is 5.02 Å². The van der Waals surface area contributed by atoms with E-state index in [1.807, 2.05) is 19.9 Å². The van der Waals surface area contributed by atoms with Gasteiger partial charge in [0.2, 0.25) is 0 Å². The summed E-state index contributed by atoms with van der Waals surface area (Å²) < 4.78 is 12.0. The van der Waals surface area contributed by atoms with Crippen LogP contribution in [0.3, 0.4) is 0 Å². The van der Waals surface area contributed by atoms with Gasteiger partial charge in [-0.25, -0.2) is 4.90 Å². The number of carbonyl (C=O) groups is 2. The van der Waals surface area contributed by atoms with Gasteiger partial charge in [-0.15, -0.1) is 0 Å². The molecule has 0 unspecified atom stereocenters. The molecule has 0 bridgehead atoms. The highest BCUT2D eigenvalue weighted by Gasteiger charge is 2.36. The molecule has 0 aliphatic carbocycles. The summed E-state index contributed by atoms with van der Waals surface area (Å²) in [5.41, 5.74) is 1.21. The van der Waals surface area contributed by atoms with Crippen molar-refractivity contribution in [3.63, 3.8) is 0 Å². The van der Waals surface area contributed by atoms with Gasteiger partial charge < -0.3 is 9.47 Å². The van der Waals surface area contributed by atoms with Crippen LogP contribution in [0.5, 0.6) is 11.5 Å². The molecule has 8 heteroatoms. The van der Waals surface area contributed by atoms with Crippen LogP contribution in [0.4, 0.5) is 10.5 Å². The minimum absolute atomic E-state index is 0.332. The number of halogens is 2. The first-order chi connectivity index (χ1) is 13.4. The largest absolute Gasteiger partial charge is 0.490 e. The highest BCUT2D eigenvalue weighted by atomic mass is 79.9. The summed E-state index contributed by atoms with van der Waals surface area (Å²) in [6, 6.07) is 10.2. The van der Waals surface area contributed by atoms with E-state index < -0.39 is 0 Å². The fraction of sp³-hybridized carbons (Fsp3) is 0.200. The van der Waals surface area contributed by atoms with Crippen LogP contribution in [-0.2, 0) is 4.79 Å². The van der Waals surface area contributed by atoms with E-state index in [4.69, 9.17) is 21.1 Å². The van der Waals surface area contributed by atoms with Gasteiger partial charge in [0.25, 0.3) is 11.1 Å². The van der Waals surface area contributed by atoms with Crippen LogP contribution in [0.15, 0.2) is 45.8 Å². The van der Waals surface area contributed by atoms with Crippen molar-refractivity contribution >= 4 is 62.2 Å². The SMILES string of the molecule is CCOc1cc(/C=C2/SC(=O)N(c3ccc(Cl)cc3)C2=O)cc(Br)c1OCC. The summed E-state index contributed by atoms with van der Waals surface area (Å²) in [4.78, 5) is 26.6. The Hall–Kier alpha value is -1.96. The second kappa shape index (κ2) is 9.03. The van der Waals surface area contributed by atoms with Gasteiger partial charge in [0.05, 0.1) is 28.3 Å². The van der Waals surface area contributed by atoms with E-state index in [0.29, 0.717) is 44.8 Å². The molecule has 1 aliphatic heterocycles. The fourth-order valence-corrected chi connectivity index (χ4v) is 4.19. The molecule has 1 saturated heterocycles. The van der Waals surface area contributed by atoms with Crippen LogP contribution >= 0.6 is 39.3 Å². The number of amides is 2. The molecule has 0 aromatic heterocycles. The normalized spacial score (nSPS) is 15.4. The van der Waals surface area contributed by atoms with Gasteiger partial charge in [-0.2, -0.15) is 0 Å². The number of rotatable bonds is 6. The van der Waals surface area contributed by atoms with Crippen molar-refractivity contribution in [2.24, 2.45) is 0 Å². The summed E-state index contributed by atoms with van der Waals surface area (Å²) >= 11 is 10.3. The molecule has 0 spiro atoms. The van der Waals surface area contributed by atoms with Crippen LogP contribution in [0, 0.1) is 0 Å². The number of anilines is 1. The molecule has 1 fully saturated rings. The van der Waals surface area contributed by atoms with Crippen molar-refractivity contribution < 1.29 is 19.1 Å². The number of hydrogen-bond donors (Lipinski definition) is 0. The van der Waals surface area contributed by atoms with Crippen molar-refractivity contribution in [2.45, 2.75) is 13.8 Å². The molecule has 2 amide bonds. The Morgan fingerprint density at radius 3 is 2.43 bits per heavy atom. The number of ether oxygens (including phenoxy) is 2. The lowest BCUT2D eigenvalue weighted by Gasteiger charge is -2.14. The van der Waals surface area contributed by atoms with Crippen LogP contribution in [0.1, 0.15) is 19.4 Å². The Morgan fingerprint density at radius 2 is 1.79 bits per heavy atom. The average Bonchev–Trinajstić information content (AvgIpc) is 2.93. The minimum Gasteiger partial charge on any atom is -0.490 e. The molecule has 5 nitrogen and oxygen atoms in total. The zero-order chi connectivity index (χ0) is 20.3. The molecule has 1 heterocycles. The number of benzene rings is 2. The van der Waals surface area contributed by atoms with Gasteiger partial charge in [-0.05, 0) is 89.6 Å². The summed E-state index contributed by atoms with van der Waals surface area (Å²) in [6.07, 6.45) is 1.67. The molecule has 2 aromatic carbocycles. The Morgan fingerprint density at radius 1 is 1.11 bits per heavy atom. The van der Waals surface area contributed by atoms with Crippen molar-refractivity contribution in [1.29, 1.82) is 0 Å². The molecular weight excluding hydrogens is 466 g/mol. The molecule has 0 N–H and O–H groups in total. The average molecular weight is 483 g/mol. The molecule has 0 saturated carbocycles. The summed E-state index contributed by atoms with van der Waals surface area (Å²) in [5, 5.41) is 0.183. The first kappa shape index (κ1) is 20.8. The van der Waals surface area contributed by atoms with E-state index in [1.165, 1.54) is 0 Å². The van der Waals surface area contributed by atoms with Gasteiger partial charge in [0.1, 0.15) is 0 Å². The molecular formula is C20H17BrClNO4S. The van der Waals surface area contributed by atoms with E-state index in [2.05, 4.69) is 15.9 Å². The monoisotopic (exact) mass is 481 g/mol. The first-order valence-corrected chi connectivity index (χ1v) is 10.6. The van der Waals surface area contributed by atoms with E-state index in [-0.39, 0.29) is 11.1 Å². The molecule has 0 radical (unpaired) electrons. The topological polar surface area (TPSA) is 55.8 Å². The van der Waals surface area contributed by atoms with Gasteiger partial charge in [-0.1, -0.05) is 11.6 Å². The maximum atomic E-state index is 12.8. The van der Waals surface area contributed by atoms with Gasteiger partial charge in [-0.3, -0.25) is 9.59 Å². The molecule has 0 atom stereocenters. The molecule has 1 aliphatic rings. The van der Waals surface area contributed by atoms with Crippen molar-refractivity contribution in [1.82, 2.24) is 0 Å². The third-order valence-corrected chi connectivity index (χ3v) is 5.51. The summed E-state index contributed by atoms with van der Waals surface area (Å²) in [6.45, 7) is 4.75. The number of hydrogen-bond acceptors (Lipinski definition) is 5. The van der Waals surface area contributed by atoms with Gasteiger partial charge >= 0.3 is 0 Å². The standard InChI is InChI=1S/C20H17BrClNO4S/c1-3-26-16-10-12(9-15(21)18(16)27-4-2)11-17-19(24)23(20(25)28-17)14-7-5-13(22)6-8-14/h5-11H,3-4H2,1-2H3/b17-11+. The van der Waals surface area contributed by atoms with Gasteiger partial charge in [0, 0.05) is 5.02 Å². The van der Waals surface area contributed by atoms with E-state index in [0.717, 1.165) is 22.2 Å². The fourth-order valence-electron chi connectivity index (χ4n) is 2.65. The lowest BCUT2D eigenvalue weighted by atomic mass is 10.1. The zero-order valence-electron chi connectivity index (χ0n) is 15.2. The third-order valence-electron chi connectivity index (χ3n) is 3.80. The lowest BCUT2D eigenvalue weighted by Crippen LogP contribution is -2.27. The zero-order valence-corrected chi connectivity index (χ0v) is 18.4. The van der Waals surface area contributed by atoms with Crippen LogP contribution in [-0.4, -0.2) is 24.4 Å².